The zero-order valence-electron chi connectivity index (χ0n) is 17.9. The highest BCUT2D eigenvalue weighted by atomic mass is 19.4. The molecule has 0 saturated heterocycles. The van der Waals surface area contributed by atoms with Crippen LogP contribution in [0.2, 0.25) is 0 Å². The highest BCUT2D eigenvalue weighted by Crippen LogP contribution is 2.17. The molecule has 0 bridgehead atoms. The van der Waals surface area contributed by atoms with Gasteiger partial charge in [0.15, 0.2) is 0 Å². The Kier molecular flexibility index (Phi) is 6.91. The van der Waals surface area contributed by atoms with Crippen molar-refractivity contribution in [2.45, 2.75) is 39.3 Å². The van der Waals surface area contributed by atoms with E-state index < -0.39 is 12.1 Å². The molecule has 0 radical (unpaired) electrons. The Morgan fingerprint density at radius 3 is 2.64 bits per heavy atom. The SMILES string of the molecule is CCn1c(=O)[nH]c2cc(C(=O)N(C)Cc3cnn4c3CNCC4)ccc21.O=C(O)C(F)(F)F. The molecular formula is C20H23F3N6O4. The number of imidazole rings is 1. The number of halogens is 3. The number of amides is 1. The molecule has 1 aliphatic heterocycles. The van der Waals surface area contributed by atoms with E-state index >= 15 is 0 Å². The van der Waals surface area contributed by atoms with Crippen LogP contribution in [-0.4, -0.2) is 61.0 Å². The van der Waals surface area contributed by atoms with Gasteiger partial charge >= 0.3 is 17.8 Å². The number of alkyl halides is 3. The van der Waals surface area contributed by atoms with Gasteiger partial charge in [0.05, 0.1) is 29.5 Å². The van der Waals surface area contributed by atoms with E-state index in [9.17, 15) is 22.8 Å². The number of carboxylic acids is 1. The molecule has 178 valence electrons. The van der Waals surface area contributed by atoms with E-state index in [1.807, 2.05) is 23.9 Å². The predicted molar refractivity (Wildman–Crippen MR) is 112 cm³/mol. The number of carbonyl (C=O) groups excluding carboxylic acids is 1. The number of carbonyl (C=O) groups is 2. The highest BCUT2D eigenvalue weighted by Gasteiger charge is 2.38. The third-order valence-corrected chi connectivity index (χ3v) is 5.16. The normalized spacial score (nSPS) is 13.2. The van der Waals surface area contributed by atoms with E-state index in [1.165, 1.54) is 0 Å². The number of aromatic nitrogens is 4. The molecule has 1 aromatic carbocycles. The third-order valence-electron chi connectivity index (χ3n) is 5.16. The van der Waals surface area contributed by atoms with Crippen LogP contribution in [-0.2, 0) is 31.0 Å². The minimum Gasteiger partial charge on any atom is -0.475 e. The third kappa shape index (κ3) is 5.25. The number of aromatic amines is 1. The zero-order valence-corrected chi connectivity index (χ0v) is 17.9. The molecule has 3 N–H and O–H groups in total. The lowest BCUT2D eigenvalue weighted by Crippen LogP contribution is -2.31. The number of rotatable bonds is 4. The van der Waals surface area contributed by atoms with Crippen LogP contribution in [0.25, 0.3) is 11.0 Å². The number of nitrogens with zero attached hydrogens (tertiary/aromatic N) is 4. The number of aliphatic carboxylic acids is 1. The first-order valence-electron chi connectivity index (χ1n) is 10.0. The van der Waals surface area contributed by atoms with Gasteiger partial charge < -0.3 is 20.3 Å². The maximum atomic E-state index is 12.8. The second kappa shape index (κ2) is 9.48. The maximum absolute atomic E-state index is 12.8. The van der Waals surface area contributed by atoms with Crippen LogP contribution in [0.4, 0.5) is 13.2 Å². The second-order valence-corrected chi connectivity index (χ2v) is 7.39. The molecule has 13 heteroatoms. The molecule has 0 unspecified atom stereocenters. The Hall–Kier alpha value is -3.61. The van der Waals surface area contributed by atoms with E-state index in [1.54, 1.807) is 28.6 Å². The number of hydrogen-bond donors (Lipinski definition) is 3. The molecule has 1 aliphatic rings. The van der Waals surface area contributed by atoms with Crippen molar-refractivity contribution in [1.82, 2.24) is 29.5 Å². The summed E-state index contributed by atoms with van der Waals surface area (Å²) in [6, 6.07) is 5.34. The maximum Gasteiger partial charge on any atom is 0.490 e. The summed E-state index contributed by atoms with van der Waals surface area (Å²) < 4.78 is 35.4. The Bertz CT molecular complexity index is 1230. The summed E-state index contributed by atoms with van der Waals surface area (Å²) in [6.07, 6.45) is -3.24. The lowest BCUT2D eigenvalue weighted by molar-refractivity contribution is -0.192. The first kappa shape index (κ1) is 24.0. The van der Waals surface area contributed by atoms with Gasteiger partial charge in [-0.25, -0.2) is 9.59 Å². The molecule has 3 aromatic rings. The van der Waals surface area contributed by atoms with Gasteiger partial charge in [-0.3, -0.25) is 14.0 Å². The predicted octanol–water partition coefficient (Wildman–Crippen LogP) is 1.55. The zero-order chi connectivity index (χ0) is 24.3. The molecule has 0 fully saturated rings. The van der Waals surface area contributed by atoms with Crippen molar-refractivity contribution in [3.63, 3.8) is 0 Å². The van der Waals surface area contributed by atoms with Crippen LogP contribution in [0.5, 0.6) is 0 Å². The standard InChI is InChI=1S/C18H22N6O2.C2HF3O2/c1-3-23-15-5-4-12(8-14(15)21-18(23)26)17(25)22(2)11-13-9-20-24-7-6-19-10-16(13)24;3-2(4,5)1(6)7/h4-5,8-9,19H,3,6-7,10-11H2,1-2H3,(H,21,26);(H,6,7). The topological polar surface area (TPSA) is 125 Å². The van der Waals surface area contributed by atoms with Gasteiger partial charge in [-0.2, -0.15) is 18.3 Å². The molecule has 3 heterocycles. The van der Waals surface area contributed by atoms with Crippen LogP contribution in [0.1, 0.15) is 28.5 Å². The van der Waals surface area contributed by atoms with Crippen LogP contribution < -0.4 is 11.0 Å². The van der Waals surface area contributed by atoms with Crippen molar-refractivity contribution in [3.8, 4) is 0 Å². The van der Waals surface area contributed by atoms with Crippen LogP contribution in [0.3, 0.4) is 0 Å². The fraction of sp³-hybridized carbons (Fsp3) is 0.400. The fourth-order valence-electron chi connectivity index (χ4n) is 3.53. The molecule has 0 atom stereocenters. The molecule has 0 aliphatic carbocycles. The number of benzene rings is 1. The van der Waals surface area contributed by atoms with Gasteiger partial charge in [0.2, 0.25) is 0 Å². The summed E-state index contributed by atoms with van der Waals surface area (Å²) in [5.74, 6) is -2.84. The largest absolute Gasteiger partial charge is 0.490 e. The number of nitrogens with one attached hydrogen (secondary N) is 2. The smallest absolute Gasteiger partial charge is 0.475 e. The second-order valence-electron chi connectivity index (χ2n) is 7.39. The van der Waals surface area contributed by atoms with Crippen molar-refractivity contribution in [1.29, 1.82) is 0 Å². The van der Waals surface area contributed by atoms with E-state index in [0.29, 0.717) is 24.2 Å². The van der Waals surface area contributed by atoms with Crippen LogP contribution >= 0.6 is 0 Å². The first-order chi connectivity index (χ1) is 15.5. The highest BCUT2D eigenvalue weighted by molar-refractivity contribution is 5.97. The van der Waals surface area contributed by atoms with E-state index in [2.05, 4.69) is 15.4 Å². The summed E-state index contributed by atoms with van der Waals surface area (Å²) in [4.78, 5) is 38.2. The van der Waals surface area contributed by atoms with Gasteiger partial charge in [0.1, 0.15) is 0 Å². The number of carboxylic acid groups (broad SMARTS) is 1. The van der Waals surface area contributed by atoms with Gasteiger partial charge in [0, 0.05) is 44.4 Å². The molecule has 0 spiro atoms. The van der Waals surface area contributed by atoms with Gasteiger partial charge in [-0.05, 0) is 25.1 Å². The first-order valence-corrected chi connectivity index (χ1v) is 10.0. The van der Waals surface area contributed by atoms with Crippen molar-refractivity contribution >= 4 is 22.9 Å². The molecule has 0 saturated carbocycles. The summed E-state index contributed by atoms with van der Waals surface area (Å²) in [6.45, 7) is 5.55. The molecule has 1 amide bonds. The van der Waals surface area contributed by atoms with Crippen molar-refractivity contribution in [2.75, 3.05) is 13.6 Å². The number of aryl methyl sites for hydroxylation is 1. The van der Waals surface area contributed by atoms with Crippen LogP contribution in [0, 0.1) is 0 Å². The van der Waals surface area contributed by atoms with E-state index in [-0.39, 0.29) is 11.6 Å². The minimum absolute atomic E-state index is 0.0827. The summed E-state index contributed by atoms with van der Waals surface area (Å²) in [5.41, 5.74) is 4.09. The molecule has 10 nitrogen and oxygen atoms in total. The van der Waals surface area contributed by atoms with Crippen molar-refractivity contribution in [3.05, 3.63) is 51.7 Å². The minimum atomic E-state index is -5.08. The molecule has 2 aromatic heterocycles. The lowest BCUT2D eigenvalue weighted by atomic mass is 10.1. The Morgan fingerprint density at radius 1 is 1.30 bits per heavy atom. The van der Waals surface area contributed by atoms with Crippen molar-refractivity contribution in [2.24, 2.45) is 0 Å². The van der Waals surface area contributed by atoms with Gasteiger partial charge in [-0.1, -0.05) is 0 Å². The summed E-state index contributed by atoms with van der Waals surface area (Å²) in [5, 5.41) is 14.9. The number of H-pyrrole nitrogens is 1. The summed E-state index contributed by atoms with van der Waals surface area (Å²) in [7, 11) is 1.78. The van der Waals surface area contributed by atoms with Gasteiger partial charge in [-0.15, -0.1) is 0 Å². The number of fused-ring (bicyclic) bond motifs is 2. The van der Waals surface area contributed by atoms with E-state index in [4.69, 9.17) is 9.90 Å². The molecule has 4 rings (SSSR count). The fourth-order valence-corrected chi connectivity index (χ4v) is 3.53. The van der Waals surface area contributed by atoms with E-state index in [0.717, 1.165) is 36.4 Å². The Labute approximate surface area is 185 Å². The van der Waals surface area contributed by atoms with Crippen molar-refractivity contribution < 1.29 is 27.9 Å². The average Bonchev–Trinajstić information content (AvgIpc) is 3.32. The molecule has 33 heavy (non-hydrogen) atoms. The Morgan fingerprint density at radius 2 is 2.00 bits per heavy atom. The molecular weight excluding hydrogens is 445 g/mol. The average molecular weight is 468 g/mol. The lowest BCUT2D eigenvalue weighted by Gasteiger charge is -2.20. The Balaban J connectivity index is 0.000000383. The number of hydrogen-bond acceptors (Lipinski definition) is 5. The summed E-state index contributed by atoms with van der Waals surface area (Å²) >= 11 is 0. The quantitative estimate of drug-likeness (QED) is 0.534. The van der Waals surface area contributed by atoms with Gasteiger partial charge in [0.25, 0.3) is 5.91 Å². The monoisotopic (exact) mass is 468 g/mol. The van der Waals surface area contributed by atoms with Crippen LogP contribution in [0.15, 0.2) is 29.2 Å².